The van der Waals surface area contributed by atoms with Crippen LogP contribution in [0.4, 0.5) is 0 Å². The molecule has 11 rings (SSSR count). The van der Waals surface area contributed by atoms with Crippen LogP contribution in [0, 0.1) is 23.2 Å². The predicted molar refractivity (Wildman–Crippen MR) is 273 cm³/mol. The summed E-state index contributed by atoms with van der Waals surface area (Å²) < 4.78 is 0. The summed E-state index contributed by atoms with van der Waals surface area (Å²) in [5, 5.41) is 0. The number of amidine groups is 2. The molecule has 322 valence electrons. The molecule has 0 radical (unpaired) electrons. The maximum absolute atomic E-state index is 7.51. The van der Waals surface area contributed by atoms with Crippen LogP contribution >= 0.6 is 0 Å². The number of benzene rings is 4. The molecule has 7 aliphatic rings. The summed E-state index contributed by atoms with van der Waals surface area (Å²) in [6.07, 6.45) is 43.1. The zero-order valence-electron chi connectivity index (χ0n) is 37.9. The summed E-state index contributed by atoms with van der Waals surface area (Å²) in [4.78, 5) is 10.7. The van der Waals surface area contributed by atoms with Crippen LogP contribution in [-0.2, 0) is 5.41 Å². The van der Waals surface area contributed by atoms with Crippen LogP contribution < -0.4 is 5.73 Å². The van der Waals surface area contributed by atoms with Crippen LogP contribution in [0.3, 0.4) is 0 Å². The highest BCUT2D eigenvalue weighted by Gasteiger charge is 2.62. The van der Waals surface area contributed by atoms with Crippen molar-refractivity contribution < 1.29 is 0 Å². The summed E-state index contributed by atoms with van der Waals surface area (Å²) in [5.41, 5.74) is 23.1. The molecule has 7 atom stereocenters. The Morgan fingerprint density at radius 3 is 2.25 bits per heavy atom. The van der Waals surface area contributed by atoms with Crippen LogP contribution in [0.1, 0.15) is 104 Å². The van der Waals surface area contributed by atoms with E-state index in [0.717, 1.165) is 43.2 Å². The standard InChI is InChI=1S/C62H59N3/c1-41(42-21-8-4-9-22-42)64-60(45-27-14-7-15-28-45)65-59(63)49-29-20-34-57-58(49)51-40-47(48-37-35-46(43-23-10-5-11-24-43)39-50(48)44-25-12-6-13-26-44)36-38-52(51)62(57)55-32-18-16-30-53(55)61(2,3)54-31-17-19-33-56(54)62/h4,6-10,12-16,18-25,27-30,32-41,44,49,53,55,58H,5,11,17,26,31H2,1-3H3,(H2,63,64,65). The first-order chi connectivity index (χ1) is 31.8. The van der Waals surface area contributed by atoms with Crippen LogP contribution in [0.5, 0.6) is 0 Å². The minimum atomic E-state index is -0.364. The first-order valence-electron chi connectivity index (χ1n) is 24.0. The SMILES string of the molecule is CC(N=C(N=C(N)C1C=CC=C2C1c1cc(-c3ccc(C4=CCCC=C4)cc3C3C=CC=CC3)ccc1C21C2=C(CCC=C2)C(C)(C)C2C=CC=CC21)c1ccccc1)c1ccccc1. The van der Waals surface area contributed by atoms with E-state index in [1.165, 1.54) is 50.1 Å². The number of hydrogen-bond donors (Lipinski definition) is 1. The van der Waals surface area contributed by atoms with Gasteiger partial charge >= 0.3 is 0 Å². The molecule has 4 aromatic carbocycles. The lowest BCUT2D eigenvalue weighted by atomic mass is 9.46. The van der Waals surface area contributed by atoms with Gasteiger partial charge in [0.25, 0.3) is 0 Å². The van der Waals surface area contributed by atoms with Gasteiger partial charge in [-0.1, -0.05) is 208 Å². The first-order valence-corrected chi connectivity index (χ1v) is 24.0. The summed E-state index contributed by atoms with van der Waals surface area (Å²) >= 11 is 0. The van der Waals surface area contributed by atoms with Crippen molar-refractivity contribution in [2.75, 3.05) is 0 Å². The molecular formula is C62H59N3. The third kappa shape index (κ3) is 6.94. The van der Waals surface area contributed by atoms with Gasteiger partial charge in [0, 0.05) is 34.7 Å². The van der Waals surface area contributed by atoms with Crippen molar-refractivity contribution in [3.8, 4) is 11.1 Å². The molecule has 65 heavy (non-hydrogen) atoms. The fraction of sp³-hybridized carbons (Fsp3) is 0.258. The average Bonchev–Trinajstić information content (AvgIpc) is 3.66. The van der Waals surface area contributed by atoms with Gasteiger partial charge in [-0.3, -0.25) is 4.99 Å². The van der Waals surface area contributed by atoms with Gasteiger partial charge in [0.2, 0.25) is 0 Å². The Bertz CT molecular complexity index is 2920. The maximum atomic E-state index is 7.51. The summed E-state index contributed by atoms with van der Waals surface area (Å²) in [6.45, 7) is 7.13. The Hall–Kier alpha value is -6.58. The highest BCUT2D eigenvalue weighted by atomic mass is 15.0. The highest BCUT2D eigenvalue weighted by molar-refractivity contribution is 6.07. The molecule has 0 fully saturated rings. The number of rotatable bonds is 7. The minimum absolute atomic E-state index is 0.0124. The Balaban J connectivity index is 1.12. The Morgan fingerprint density at radius 2 is 1.46 bits per heavy atom. The molecule has 0 amide bonds. The summed E-state index contributed by atoms with van der Waals surface area (Å²) in [7, 11) is 0. The van der Waals surface area contributed by atoms with Crippen molar-refractivity contribution in [1.29, 1.82) is 0 Å². The molecule has 0 heterocycles. The van der Waals surface area contributed by atoms with Crippen LogP contribution in [-0.4, -0.2) is 11.7 Å². The quantitative estimate of drug-likeness (QED) is 0.146. The van der Waals surface area contributed by atoms with Crippen molar-refractivity contribution in [2.45, 2.75) is 76.2 Å². The molecule has 0 aliphatic heterocycles. The number of fused-ring (bicyclic) bond motifs is 8. The average molecular weight is 846 g/mol. The number of allylic oxidation sites excluding steroid dienone is 19. The zero-order chi connectivity index (χ0) is 44.1. The lowest BCUT2D eigenvalue weighted by Gasteiger charge is -2.56. The summed E-state index contributed by atoms with van der Waals surface area (Å²) in [6, 6.07) is 35.4. The lowest BCUT2D eigenvalue weighted by molar-refractivity contribution is 0.174. The van der Waals surface area contributed by atoms with Crippen molar-refractivity contribution in [1.82, 2.24) is 0 Å². The van der Waals surface area contributed by atoms with Crippen LogP contribution in [0.15, 0.2) is 221 Å². The van der Waals surface area contributed by atoms with Gasteiger partial charge in [-0.2, -0.15) is 0 Å². The van der Waals surface area contributed by atoms with E-state index < -0.39 is 0 Å². The van der Waals surface area contributed by atoms with Crippen molar-refractivity contribution in [3.05, 3.63) is 244 Å². The second-order valence-electron chi connectivity index (χ2n) is 19.5. The molecule has 2 N–H and O–H groups in total. The molecule has 0 aromatic heterocycles. The van der Waals surface area contributed by atoms with E-state index in [1.807, 2.05) is 6.07 Å². The maximum Gasteiger partial charge on any atom is 0.157 e. The zero-order valence-corrected chi connectivity index (χ0v) is 37.9. The number of hydrogen-bond acceptors (Lipinski definition) is 1. The Kier molecular flexibility index (Phi) is 10.6. The molecule has 3 heteroatoms. The molecule has 4 aromatic rings. The lowest BCUT2D eigenvalue weighted by Crippen LogP contribution is -2.51. The molecule has 7 unspecified atom stereocenters. The number of nitrogens with zero attached hydrogens (tertiary/aromatic N) is 2. The van der Waals surface area contributed by atoms with Gasteiger partial charge in [-0.25, -0.2) is 4.99 Å². The number of aliphatic imine (C=N–C) groups is 2. The van der Waals surface area contributed by atoms with E-state index in [4.69, 9.17) is 15.7 Å². The number of nitrogens with two attached hydrogens (primary N) is 1. The van der Waals surface area contributed by atoms with Gasteiger partial charge in [0.1, 0.15) is 5.84 Å². The van der Waals surface area contributed by atoms with Gasteiger partial charge in [0.05, 0.1) is 6.04 Å². The minimum Gasteiger partial charge on any atom is -0.387 e. The van der Waals surface area contributed by atoms with Crippen LogP contribution in [0.2, 0.25) is 0 Å². The fourth-order valence-corrected chi connectivity index (χ4v) is 12.6. The van der Waals surface area contributed by atoms with Gasteiger partial charge in [-0.15, -0.1) is 0 Å². The molecule has 0 saturated heterocycles. The van der Waals surface area contributed by atoms with E-state index in [9.17, 15) is 0 Å². The second kappa shape index (κ2) is 16.8. The predicted octanol–water partition coefficient (Wildman–Crippen LogP) is 14.7. The fourth-order valence-electron chi connectivity index (χ4n) is 12.6. The monoisotopic (exact) mass is 845 g/mol. The van der Waals surface area contributed by atoms with Gasteiger partial charge in [-0.05, 0) is 112 Å². The largest absolute Gasteiger partial charge is 0.387 e. The molecule has 0 bridgehead atoms. The third-order valence-electron chi connectivity index (χ3n) is 15.7. The van der Waals surface area contributed by atoms with E-state index in [-0.39, 0.29) is 34.6 Å². The van der Waals surface area contributed by atoms with Crippen LogP contribution in [0.25, 0.3) is 16.7 Å². The van der Waals surface area contributed by atoms with Crippen molar-refractivity contribution in [3.63, 3.8) is 0 Å². The Morgan fingerprint density at radius 1 is 0.708 bits per heavy atom. The first kappa shape index (κ1) is 41.1. The van der Waals surface area contributed by atoms with Crippen molar-refractivity contribution in [2.24, 2.45) is 38.9 Å². The Labute approximate surface area is 386 Å². The molecule has 1 spiro atoms. The van der Waals surface area contributed by atoms with E-state index in [1.54, 1.807) is 5.57 Å². The second-order valence-corrected chi connectivity index (χ2v) is 19.5. The van der Waals surface area contributed by atoms with Gasteiger partial charge < -0.3 is 5.73 Å². The van der Waals surface area contributed by atoms with E-state index >= 15 is 0 Å². The third-order valence-corrected chi connectivity index (χ3v) is 15.7. The van der Waals surface area contributed by atoms with Crippen molar-refractivity contribution >= 4 is 17.2 Å². The smallest absolute Gasteiger partial charge is 0.157 e. The molecule has 0 saturated carbocycles. The van der Waals surface area contributed by atoms with Gasteiger partial charge in [0.15, 0.2) is 5.84 Å². The van der Waals surface area contributed by atoms with E-state index in [2.05, 4.69) is 209 Å². The highest BCUT2D eigenvalue weighted by Crippen LogP contribution is 2.69. The summed E-state index contributed by atoms with van der Waals surface area (Å²) in [5.74, 6) is 1.90. The normalized spacial score (nSPS) is 27.5. The topological polar surface area (TPSA) is 50.7 Å². The molecule has 7 aliphatic carbocycles. The molecular weight excluding hydrogens is 787 g/mol. The van der Waals surface area contributed by atoms with E-state index in [0.29, 0.717) is 23.5 Å². The molecule has 3 nitrogen and oxygen atoms in total.